The van der Waals surface area contributed by atoms with E-state index >= 15 is 0 Å². The Morgan fingerprint density at radius 2 is 0.889 bits per heavy atom. The van der Waals surface area contributed by atoms with E-state index in [1.807, 2.05) is 0 Å². The molecule has 10 nitrogen and oxygen atoms in total. The van der Waals surface area contributed by atoms with Crippen LogP contribution in [0.2, 0.25) is 0 Å². The number of hydrogen-bond donors (Lipinski definition) is 2. The summed E-state index contributed by atoms with van der Waals surface area (Å²) < 4.78 is 19.3. The van der Waals surface area contributed by atoms with Crippen LogP contribution in [0.4, 0.5) is 21.0 Å². The monoisotopic (exact) mass is 492 g/mol. The molecule has 0 fully saturated rings. The molecule has 0 aliphatic rings. The van der Waals surface area contributed by atoms with Crippen molar-refractivity contribution >= 4 is 35.5 Å². The smallest absolute Gasteiger partial charge is 0.434 e. The average Bonchev–Trinajstić information content (AvgIpc) is 2.86. The van der Waals surface area contributed by atoms with Gasteiger partial charge in [0.1, 0.15) is 11.5 Å². The summed E-state index contributed by atoms with van der Waals surface area (Å²) in [5, 5.41) is 5.49. The predicted octanol–water partition coefficient (Wildman–Crippen LogP) is 5.26. The summed E-state index contributed by atoms with van der Waals surface area (Å²) >= 11 is 0. The van der Waals surface area contributed by atoms with Crippen LogP contribution in [0, 0.1) is 0 Å². The molecule has 0 aromatic heterocycles. The second-order valence-electron chi connectivity index (χ2n) is 7.10. The molecule has 0 saturated carbocycles. The number of carbonyl (C=O) groups is 4. The lowest BCUT2D eigenvalue weighted by molar-refractivity contribution is 0.101. The summed E-state index contributed by atoms with van der Waals surface area (Å²) in [6, 6.07) is 18.6. The summed E-state index contributed by atoms with van der Waals surface area (Å²) in [5.74, 6) is -0.211. The van der Waals surface area contributed by atoms with E-state index in [1.54, 1.807) is 38.1 Å². The highest BCUT2D eigenvalue weighted by Gasteiger charge is 2.11. The molecule has 36 heavy (non-hydrogen) atoms. The van der Waals surface area contributed by atoms with Gasteiger partial charge in [0.05, 0.1) is 13.2 Å². The molecular formula is C26H24N2O8. The Morgan fingerprint density at radius 1 is 0.556 bits per heavy atom. The second-order valence-corrected chi connectivity index (χ2v) is 7.10. The lowest BCUT2D eigenvalue weighted by Gasteiger charge is -2.09. The number of amides is 2. The standard InChI is InChI=1S/C26H24N2O8/c1-3-33-25(31)35-21-13-5-17(6-14-21)23(29)27-19-9-11-20(12-10-19)28-24(30)18-7-15-22(16-8-18)36-26(32)34-4-2/h5-16H,3-4H2,1-2H3,(H,27,29)(H,28,30). The van der Waals surface area contributed by atoms with Gasteiger partial charge in [-0.3, -0.25) is 9.59 Å². The largest absolute Gasteiger partial charge is 0.513 e. The molecule has 3 aromatic rings. The van der Waals surface area contributed by atoms with Gasteiger partial charge in [-0.15, -0.1) is 0 Å². The van der Waals surface area contributed by atoms with Gasteiger partial charge in [-0.25, -0.2) is 9.59 Å². The normalized spacial score (nSPS) is 10.1. The van der Waals surface area contributed by atoms with Gasteiger partial charge in [-0.2, -0.15) is 0 Å². The van der Waals surface area contributed by atoms with Crippen molar-refractivity contribution < 1.29 is 38.1 Å². The van der Waals surface area contributed by atoms with Crippen molar-refractivity contribution in [2.75, 3.05) is 23.8 Å². The fraction of sp³-hybridized carbons (Fsp3) is 0.154. The number of carbonyl (C=O) groups excluding carboxylic acids is 4. The molecule has 3 rings (SSSR count). The molecule has 0 bridgehead atoms. The molecule has 10 heteroatoms. The van der Waals surface area contributed by atoms with Gasteiger partial charge in [0.15, 0.2) is 0 Å². The zero-order valence-electron chi connectivity index (χ0n) is 19.6. The number of hydrogen-bond acceptors (Lipinski definition) is 8. The van der Waals surface area contributed by atoms with Crippen molar-refractivity contribution in [2.24, 2.45) is 0 Å². The summed E-state index contributed by atoms with van der Waals surface area (Å²) in [6.07, 6.45) is -1.64. The van der Waals surface area contributed by atoms with Crippen molar-refractivity contribution in [3.05, 3.63) is 83.9 Å². The first-order chi connectivity index (χ1) is 17.4. The zero-order chi connectivity index (χ0) is 25.9. The van der Waals surface area contributed by atoms with Gasteiger partial charge in [0.2, 0.25) is 0 Å². The molecule has 2 amide bonds. The Balaban J connectivity index is 1.53. The van der Waals surface area contributed by atoms with Crippen LogP contribution in [0.1, 0.15) is 34.6 Å². The minimum atomic E-state index is -0.818. The number of ether oxygens (including phenoxy) is 4. The molecule has 0 unspecified atom stereocenters. The van der Waals surface area contributed by atoms with E-state index in [0.29, 0.717) is 22.5 Å². The Kier molecular flexibility index (Phi) is 8.99. The fourth-order valence-electron chi connectivity index (χ4n) is 2.88. The molecule has 2 N–H and O–H groups in total. The molecule has 0 aliphatic heterocycles. The van der Waals surface area contributed by atoms with Crippen LogP contribution in [0.5, 0.6) is 11.5 Å². The van der Waals surface area contributed by atoms with E-state index in [-0.39, 0.29) is 36.5 Å². The maximum absolute atomic E-state index is 12.5. The molecular weight excluding hydrogens is 468 g/mol. The maximum atomic E-state index is 12.5. The minimum absolute atomic E-state index is 0.197. The first-order valence-electron chi connectivity index (χ1n) is 11.0. The van der Waals surface area contributed by atoms with Crippen molar-refractivity contribution in [3.63, 3.8) is 0 Å². The Labute approximate surface area is 207 Å². The molecule has 0 atom stereocenters. The third kappa shape index (κ3) is 7.59. The fourth-order valence-corrected chi connectivity index (χ4v) is 2.88. The van der Waals surface area contributed by atoms with E-state index in [1.165, 1.54) is 48.5 Å². The van der Waals surface area contributed by atoms with Crippen molar-refractivity contribution in [2.45, 2.75) is 13.8 Å². The summed E-state index contributed by atoms with van der Waals surface area (Å²) in [7, 11) is 0. The molecule has 0 aliphatic carbocycles. The highest BCUT2D eigenvalue weighted by molar-refractivity contribution is 6.05. The third-order valence-electron chi connectivity index (χ3n) is 4.56. The van der Waals surface area contributed by atoms with Gasteiger partial charge < -0.3 is 29.6 Å². The van der Waals surface area contributed by atoms with Crippen molar-refractivity contribution in [1.29, 1.82) is 0 Å². The highest BCUT2D eigenvalue weighted by atomic mass is 16.7. The molecule has 0 heterocycles. The molecule has 0 spiro atoms. The van der Waals surface area contributed by atoms with E-state index in [2.05, 4.69) is 10.6 Å². The van der Waals surface area contributed by atoms with Crippen LogP contribution in [0.25, 0.3) is 0 Å². The van der Waals surface area contributed by atoms with Crippen molar-refractivity contribution in [3.8, 4) is 11.5 Å². The number of benzene rings is 3. The first-order valence-corrected chi connectivity index (χ1v) is 11.0. The average molecular weight is 492 g/mol. The third-order valence-corrected chi connectivity index (χ3v) is 4.56. The lowest BCUT2D eigenvalue weighted by atomic mass is 10.2. The maximum Gasteiger partial charge on any atom is 0.513 e. The van der Waals surface area contributed by atoms with E-state index in [0.717, 1.165) is 0 Å². The zero-order valence-corrected chi connectivity index (χ0v) is 19.6. The van der Waals surface area contributed by atoms with Crippen LogP contribution in [-0.2, 0) is 9.47 Å². The number of rotatable bonds is 8. The molecule has 186 valence electrons. The summed E-state index contributed by atoms with van der Waals surface area (Å²) in [6.45, 7) is 3.73. The summed E-state index contributed by atoms with van der Waals surface area (Å²) in [5.41, 5.74) is 1.76. The molecule has 3 aromatic carbocycles. The predicted molar refractivity (Wildman–Crippen MR) is 131 cm³/mol. The second kappa shape index (κ2) is 12.6. The van der Waals surface area contributed by atoms with Crippen LogP contribution in [0.15, 0.2) is 72.8 Å². The van der Waals surface area contributed by atoms with Gasteiger partial charge in [0.25, 0.3) is 11.8 Å². The number of anilines is 2. The van der Waals surface area contributed by atoms with Crippen LogP contribution < -0.4 is 20.1 Å². The SMILES string of the molecule is CCOC(=O)Oc1ccc(C(=O)Nc2ccc(NC(=O)c3ccc(OC(=O)OCC)cc3)cc2)cc1. The van der Waals surface area contributed by atoms with Crippen LogP contribution >= 0.6 is 0 Å². The minimum Gasteiger partial charge on any atom is -0.434 e. The Morgan fingerprint density at radius 3 is 1.19 bits per heavy atom. The quantitative estimate of drug-likeness (QED) is 0.322. The van der Waals surface area contributed by atoms with Crippen molar-refractivity contribution in [1.82, 2.24) is 0 Å². The van der Waals surface area contributed by atoms with E-state index in [4.69, 9.17) is 18.9 Å². The van der Waals surface area contributed by atoms with Gasteiger partial charge in [0, 0.05) is 22.5 Å². The number of nitrogens with one attached hydrogen (secondary N) is 2. The van der Waals surface area contributed by atoms with Crippen LogP contribution in [0.3, 0.4) is 0 Å². The van der Waals surface area contributed by atoms with Gasteiger partial charge >= 0.3 is 12.3 Å². The summed E-state index contributed by atoms with van der Waals surface area (Å²) in [4.78, 5) is 47.6. The van der Waals surface area contributed by atoms with E-state index < -0.39 is 12.3 Å². The van der Waals surface area contributed by atoms with Gasteiger partial charge in [-0.1, -0.05) is 0 Å². The first kappa shape index (κ1) is 25.8. The lowest BCUT2D eigenvalue weighted by Crippen LogP contribution is -2.14. The highest BCUT2D eigenvalue weighted by Crippen LogP contribution is 2.19. The van der Waals surface area contributed by atoms with Crippen LogP contribution in [-0.4, -0.2) is 37.3 Å². The topological polar surface area (TPSA) is 129 Å². The van der Waals surface area contributed by atoms with Gasteiger partial charge in [-0.05, 0) is 86.6 Å². The van der Waals surface area contributed by atoms with E-state index in [9.17, 15) is 19.2 Å². The molecule has 0 saturated heterocycles. The Bertz CT molecular complexity index is 1110. The Hall–Kier alpha value is -4.86. The molecule has 0 radical (unpaired) electrons.